The quantitative estimate of drug-likeness (QED) is 0.340. The van der Waals surface area contributed by atoms with Gasteiger partial charge < -0.3 is 0 Å². The zero-order valence-corrected chi connectivity index (χ0v) is 12.9. The molecule has 0 atom stereocenters. The Labute approximate surface area is 132 Å². The van der Waals surface area contributed by atoms with Crippen LogP contribution in [0, 0.1) is 6.07 Å². The van der Waals surface area contributed by atoms with Crippen LogP contribution in [0.3, 0.4) is 0 Å². The van der Waals surface area contributed by atoms with E-state index in [2.05, 4.69) is 6.07 Å². The van der Waals surface area contributed by atoms with E-state index in [1.54, 1.807) is 0 Å². The van der Waals surface area contributed by atoms with Gasteiger partial charge in [-0.15, -0.1) is 0 Å². The summed E-state index contributed by atoms with van der Waals surface area (Å²) >= 11 is 41.7. The first-order valence-electron chi connectivity index (χ1n) is 4.07. The summed E-state index contributed by atoms with van der Waals surface area (Å²) in [5.74, 6) is 0. The van der Waals surface area contributed by atoms with Gasteiger partial charge in [0, 0.05) is 16.8 Å². The van der Waals surface area contributed by atoms with Crippen LogP contribution < -0.4 is 0 Å². The molecule has 0 bridgehead atoms. The van der Waals surface area contributed by atoms with Crippen LogP contribution in [0.15, 0.2) is 0 Å². The van der Waals surface area contributed by atoms with Crippen LogP contribution in [0.2, 0.25) is 35.2 Å². The van der Waals surface area contributed by atoms with Crippen molar-refractivity contribution in [2.24, 2.45) is 0 Å². The Kier molecular flexibility index (Phi) is 4.17. The molecule has 89 valence electrons. The fourth-order valence-electron chi connectivity index (χ4n) is 1.33. The van der Waals surface area contributed by atoms with E-state index >= 15 is 0 Å². The summed E-state index contributed by atoms with van der Waals surface area (Å²) in [6, 6.07) is 2.77. The molecule has 0 saturated heterocycles. The maximum Gasteiger partial charge on any atom is 0.0800 e. The molecule has 0 heterocycles. The lowest BCUT2D eigenvalue weighted by atomic mass is 10.1. The van der Waals surface area contributed by atoms with Crippen molar-refractivity contribution < 1.29 is 0 Å². The first-order chi connectivity index (χ1) is 7.86. The van der Waals surface area contributed by atoms with Gasteiger partial charge in [0.05, 0.1) is 35.2 Å². The molecule has 0 spiro atoms. The highest BCUT2D eigenvalue weighted by molar-refractivity contribution is 6.58. The Bertz CT molecular complexity index is 625. The lowest BCUT2D eigenvalue weighted by Gasteiger charge is -2.11. The second kappa shape index (κ2) is 5.02. The van der Waals surface area contributed by atoms with Gasteiger partial charge in [0.2, 0.25) is 0 Å². The van der Waals surface area contributed by atoms with Gasteiger partial charge >= 0.3 is 0 Å². The third-order valence-corrected chi connectivity index (χ3v) is 5.14. The van der Waals surface area contributed by atoms with E-state index in [0.717, 1.165) is 0 Å². The van der Waals surface area contributed by atoms with E-state index < -0.39 is 0 Å². The molecule has 1 radical (unpaired) electrons. The lowest BCUT2D eigenvalue weighted by molar-refractivity contribution is 1.72. The average molecular weight is 368 g/mol. The van der Waals surface area contributed by atoms with Crippen LogP contribution in [-0.4, -0.2) is 0 Å². The number of hydrogen-bond acceptors (Lipinski definition) is 0. The molecule has 0 amide bonds. The van der Waals surface area contributed by atoms with Crippen LogP contribution in [-0.2, 0) is 0 Å². The first kappa shape index (κ1) is 14.1. The van der Waals surface area contributed by atoms with Gasteiger partial charge in [0.15, 0.2) is 0 Å². The zero-order chi connectivity index (χ0) is 12.9. The molecule has 0 nitrogen and oxygen atoms in total. The van der Waals surface area contributed by atoms with Gasteiger partial charge in [0.25, 0.3) is 0 Å². The van der Waals surface area contributed by atoms with E-state index in [0.29, 0.717) is 10.8 Å². The van der Waals surface area contributed by atoms with Crippen LogP contribution in [0.4, 0.5) is 0 Å². The Morgan fingerprint density at radius 2 is 1.00 bits per heavy atom. The van der Waals surface area contributed by atoms with Crippen molar-refractivity contribution >= 4 is 92.0 Å². The van der Waals surface area contributed by atoms with Crippen molar-refractivity contribution in [3.8, 4) is 0 Å². The second-order valence-corrected chi connectivity index (χ2v) is 5.72. The molecule has 0 N–H and O–H groups in total. The van der Waals surface area contributed by atoms with Gasteiger partial charge in [-0.25, -0.2) is 0 Å². The highest BCUT2D eigenvalue weighted by Crippen LogP contribution is 2.48. The second-order valence-electron chi connectivity index (χ2n) is 3.07. The molecular formula is C10Cl7. The summed E-state index contributed by atoms with van der Waals surface area (Å²) in [6.45, 7) is 0. The minimum absolute atomic E-state index is 0.111. The molecule has 0 aromatic heterocycles. The summed E-state index contributed by atoms with van der Waals surface area (Å²) in [7, 11) is 0. The molecule has 0 fully saturated rings. The van der Waals surface area contributed by atoms with E-state index in [1.807, 2.05) is 0 Å². The molecule has 17 heavy (non-hydrogen) atoms. The third kappa shape index (κ3) is 2.19. The topological polar surface area (TPSA) is 0 Å². The lowest BCUT2D eigenvalue weighted by Crippen LogP contribution is -1.85. The minimum Gasteiger partial charge on any atom is -0.0819 e. The van der Waals surface area contributed by atoms with Gasteiger partial charge in [0.1, 0.15) is 0 Å². The molecule has 0 aliphatic carbocycles. The number of hydrogen-bond donors (Lipinski definition) is 0. The molecule has 2 aromatic carbocycles. The van der Waals surface area contributed by atoms with Crippen LogP contribution in [0.25, 0.3) is 10.8 Å². The van der Waals surface area contributed by atoms with Crippen molar-refractivity contribution in [2.45, 2.75) is 0 Å². The van der Waals surface area contributed by atoms with Crippen LogP contribution >= 0.6 is 81.2 Å². The Hall–Kier alpha value is 0.730. The summed E-state index contributed by atoms with van der Waals surface area (Å²) in [5, 5.41) is 1.77. The predicted molar refractivity (Wildman–Crippen MR) is 77.9 cm³/mol. The fourth-order valence-corrected chi connectivity index (χ4v) is 3.03. The third-order valence-electron chi connectivity index (χ3n) is 2.11. The summed E-state index contributed by atoms with van der Waals surface area (Å²) in [4.78, 5) is 0. The molecule has 7 heteroatoms. The van der Waals surface area contributed by atoms with E-state index in [1.165, 1.54) is 0 Å². The van der Waals surface area contributed by atoms with Crippen molar-refractivity contribution in [1.29, 1.82) is 0 Å². The predicted octanol–water partition coefficient (Wildman–Crippen LogP) is 7.21. The fraction of sp³-hybridized carbons (Fsp3) is 0. The average Bonchev–Trinajstić information content (AvgIpc) is 2.30. The van der Waals surface area contributed by atoms with E-state index in [4.69, 9.17) is 81.2 Å². The van der Waals surface area contributed by atoms with Crippen molar-refractivity contribution in [3.63, 3.8) is 0 Å². The molecule has 0 aliphatic heterocycles. The number of rotatable bonds is 0. The monoisotopic (exact) mass is 365 g/mol. The smallest absolute Gasteiger partial charge is 0.0800 e. The normalized spacial score (nSPS) is 11.2. The number of benzene rings is 2. The van der Waals surface area contributed by atoms with Gasteiger partial charge in [-0.05, 0) is 0 Å². The minimum atomic E-state index is 0.111. The van der Waals surface area contributed by atoms with Crippen molar-refractivity contribution in [1.82, 2.24) is 0 Å². The van der Waals surface area contributed by atoms with Crippen LogP contribution in [0.5, 0.6) is 0 Å². The highest BCUT2D eigenvalue weighted by Gasteiger charge is 2.20. The largest absolute Gasteiger partial charge is 0.0819 e. The summed E-state index contributed by atoms with van der Waals surface area (Å²) in [5.41, 5.74) is 0. The van der Waals surface area contributed by atoms with Crippen LogP contribution in [0.1, 0.15) is 0 Å². The highest BCUT2D eigenvalue weighted by atomic mass is 35.5. The standard InChI is InChI=1S/C10Cl7/c11-3-1-2-4(7(14)6(3)13)8(15)10(17)9(16)5(2)12. The molecule has 2 aromatic rings. The SMILES string of the molecule is Clc1[c]c2c(Cl)c(Cl)c(Cl)c(Cl)c2c(Cl)c1Cl. The van der Waals surface area contributed by atoms with E-state index in [9.17, 15) is 0 Å². The number of fused-ring (bicyclic) bond motifs is 1. The van der Waals surface area contributed by atoms with Crippen molar-refractivity contribution in [3.05, 3.63) is 41.2 Å². The zero-order valence-electron chi connectivity index (χ0n) is 7.65. The maximum atomic E-state index is 6.05. The molecule has 0 saturated carbocycles. The number of halogens is 7. The van der Waals surface area contributed by atoms with Gasteiger partial charge in [-0.2, -0.15) is 0 Å². The Morgan fingerprint density at radius 3 is 1.59 bits per heavy atom. The first-order valence-corrected chi connectivity index (χ1v) is 6.72. The molecule has 2 rings (SSSR count). The molecule has 0 unspecified atom stereocenters. The van der Waals surface area contributed by atoms with E-state index in [-0.39, 0.29) is 35.2 Å². The van der Waals surface area contributed by atoms with Gasteiger partial charge in [-0.3, -0.25) is 0 Å². The summed E-state index contributed by atoms with van der Waals surface area (Å²) < 4.78 is 0. The Morgan fingerprint density at radius 1 is 0.529 bits per heavy atom. The van der Waals surface area contributed by atoms with Gasteiger partial charge in [-0.1, -0.05) is 81.2 Å². The maximum absolute atomic E-state index is 6.05. The molecule has 0 aliphatic rings. The summed E-state index contributed by atoms with van der Waals surface area (Å²) in [6.07, 6.45) is 0. The Balaban J connectivity index is 3.12. The molecular weight excluding hydrogens is 368 g/mol. The van der Waals surface area contributed by atoms with Crippen molar-refractivity contribution in [2.75, 3.05) is 0 Å².